The highest BCUT2D eigenvalue weighted by Gasteiger charge is 2.32. The van der Waals surface area contributed by atoms with Crippen LogP contribution in [0.15, 0.2) is 28.9 Å². The number of nitrogens with zero attached hydrogens (tertiary/aromatic N) is 1. The first-order valence-corrected chi connectivity index (χ1v) is 8.52. The fourth-order valence-corrected chi connectivity index (χ4v) is 4.32. The molecule has 0 spiro atoms. The largest absolute Gasteiger partial charge is 0.497 e. The first kappa shape index (κ1) is 15.1. The van der Waals surface area contributed by atoms with Crippen molar-refractivity contribution in [1.29, 1.82) is 0 Å². The van der Waals surface area contributed by atoms with Crippen LogP contribution in [0.4, 0.5) is 0 Å². The van der Waals surface area contributed by atoms with Crippen LogP contribution >= 0.6 is 0 Å². The number of ether oxygens (including phenoxy) is 1. The fourth-order valence-electron chi connectivity index (χ4n) is 2.88. The first-order chi connectivity index (χ1) is 10.5. The van der Waals surface area contributed by atoms with Crippen LogP contribution in [0.25, 0.3) is 11.0 Å². The van der Waals surface area contributed by atoms with E-state index < -0.39 is 10.8 Å². The van der Waals surface area contributed by atoms with Gasteiger partial charge in [0.15, 0.2) is 0 Å². The maximum Gasteiger partial charge on any atom is 0.257 e. The number of methoxy groups -OCH3 is 1. The van der Waals surface area contributed by atoms with Crippen LogP contribution < -0.4 is 4.74 Å². The Morgan fingerprint density at radius 1 is 1.32 bits per heavy atom. The van der Waals surface area contributed by atoms with Gasteiger partial charge in [-0.25, -0.2) is 0 Å². The summed E-state index contributed by atoms with van der Waals surface area (Å²) in [4.78, 5) is 14.6. The maximum atomic E-state index is 12.8. The minimum Gasteiger partial charge on any atom is -0.497 e. The predicted octanol–water partition coefficient (Wildman–Crippen LogP) is 2.42. The van der Waals surface area contributed by atoms with Crippen molar-refractivity contribution in [1.82, 2.24) is 4.90 Å². The van der Waals surface area contributed by atoms with Crippen molar-refractivity contribution in [3.05, 3.63) is 30.0 Å². The van der Waals surface area contributed by atoms with Crippen molar-refractivity contribution in [2.24, 2.45) is 0 Å². The lowest BCUT2D eigenvalue weighted by molar-refractivity contribution is 0.0752. The van der Waals surface area contributed by atoms with E-state index in [9.17, 15) is 9.00 Å². The number of carbonyl (C=O) groups is 1. The van der Waals surface area contributed by atoms with Crippen molar-refractivity contribution in [2.45, 2.75) is 24.3 Å². The molecule has 1 fully saturated rings. The Balaban J connectivity index is 1.93. The predicted molar refractivity (Wildman–Crippen MR) is 85.7 cm³/mol. The van der Waals surface area contributed by atoms with Gasteiger partial charge in [-0.1, -0.05) is 0 Å². The van der Waals surface area contributed by atoms with Gasteiger partial charge in [0.1, 0.15) is 17.6 Å². The summed E-state index contributed by atoms with van der Waals surface area (Å²) in [5.41, 5.74) is 1.19. The maximum absolute atomic E-state index is 12.8. The summed E-state index contributed by atoms with van der Waals surface area (Å²) in [5, 5.41) is 0.720. The topological polar surface area (TPSA) is 59.8 Å². The summed E-state index contributed by atoms with van der Waals surface area (Å²) >= 11 is 0. The molecule has 1 aromatic heterocycles. The number of hydrogen-bond acceptors (Lipinski definition) is 4. The number of benzene rings is 1. The van der Waals surface area contributed by atoms with E-state index in [-0.39, 0.29) is 16.4 Å². The molecule has 0 saturated carbocycles. The highest BCUT2D eigenvalue weighted by atomic mass is 32.2. The second-order valence-electron chi connectivity index (χ2n) is 5.67. The average molecular weight is 321 g/mol. The van der Waals surface area contributed by atoms with E-state index in [0.717, 1.165) is 5.39 Å². The summed E-state index contributed by atoms with van der Waals surface area (Å²) in [6, 6.07) is 5.40. The van der Waals surface area contributed by atoms with Crippen LogP contribution in [0.1, 0.15) is 24.2 Å². The van der Waals surface area contributed by atoms with Gasteiger partial charge < -0.3 is 14.1 Å². The SMILES string of the molecule is COc1ccc2occ(C(=O)N3CC(C)S(=O)C(C)C3)c2c1. The van der Waals surface area contributed by atoms with Gasteiger partial charge in [0.25, 0.3) is 5.91 Å². The Hall–Kier alpha value is -1.82. The zero-order valence-corrected chi connectivity index (χ0v) is 13.7. The van der Waals surface area contributed by atoms with Crippen LogP contribution in [0.2, 0.25) is 0 Å². The zero-order chi connectivity index (χ0) is 15.9. The molecule has 5 nitrogen and oxygen atoms in total. The van der Waals surface area contributed by atoms with Gasteiger partial charge in [-0.15, -0.1) is 0 Å². The molecule has 0 aliphatic carbocycles. The molecular formula is C16H19NO4S. The third-order valence-electron chi connectivity index (χ3n) is 4.05. The van der Waals surface area contributed by atoms with Crippen molar-refractivity contribution in [3.8, 4) is 5.75 Å². The van der Waals surface area contributed by atoms with Crippen molar-refractivity contribution < 1.29 is 18.2 Å². The molecule has 1 amide bonds. The number of fused-ring (bicyclic) bond motifs is 1. The lowest BCUT2D eigenvalue weighted by Crippen LogP contribution is -2.49. The number of carbonyl (C=O) groups excluding carboxylic acids is 1. The van der Waals surface area contributed by atoms with Crippen molar-refractivity contribution >= 4 is 27.7 Å². The molecule has 0 N–H and O–H groups in total. The molecule has 2 heterocycles. The molecule has 1 aliphatic rings. The average Bonchev–Trinajstić information content (AvgIpc) is 2.94. The normalized spacial score (nSPS) is 25.4. The van der Waals surface area contributed by atoms with Crippen LogP contribution in [0.5, 0.6) is 5.75 Å². The van der Waals surface area contributed by atoms with Gasteiger partial charge >= 0.3 is 0 Å². The zero-order valence-electron chi connectivity index (χ0n) is 12.9. The Labute approximate surface area is 131 Å². The Morgan fingerprint density at radius 3 is 2.64 bits per heavy atom. The van der Waals surface area contributed by atoms with Crippen LogP contribution in [0, 0.1) is 0 Å². The molecule has 1 aromatic carbocycles. The number of amides is 1. The second-order valence-corrected chi connectivity index (χ2v) is 7.94. The third-order valence-corrected chi connectivity index (χ3v) is 5.93. The third kappa shape index (κ3) is 2.52. The van der Waals surface area contributed by atoms with E-state index in [1.807, 2.05) is 13.8 Å². The summed E-state index contributed by atoms with van der Waals surface area (Å²) in [6.07, 6.45) is 1.49. The number of rotatable bonds is 2. The second kappa shape index (κ2) is 5.76. The van der Waals surface area contributed by atoms with E-state index in [2.05, 4.69) is 0 Å². The van der Waals surface area contributed by atoms with E-state index >= 15 is 0 Å². The Morgan fingerprint density at radius 2 is 2.00 bits per heavy atom. The van der Waals surface area contributed by atoms with Crippen LogP contribution in [0.3, 0.4) is 0 Å². The lowest BCUT2D eigenvalue weighted by atomic mass is 10.1. The van der Waals surface area contributed by atoms with Crippen molar-refractivity contribution in [2.75, 3.05) is 20.2 Å². The molecule has 2 atom stereocenters. The molecule has 0 bridgehead atoms. The van der Waals surface area contributed by atoms with Gasteiger partial charge in [-0.3, -0.25) is 9.00 Å². The molecule has 1 saturated heterocycles. The van der Waals surface area contributed by atoms with Gasteiger partial charge in [-0.2, -0.15) is 0 Å². The molecule has 1 aliphatic heterocycles. The summed E-state index contributed by atoms with van der Waals surface area (Å²) in [6.45, 7) is 4.85. The highest BCUT2D eigenvalue weighted by Crippen LogP contribution is 2.27. The summed E-state index contributed by atoms with van der Waals surface area (Å²) < 4.78 is 22.7. The standard InChI is InChI=1S/C16H19NO4S/c1-10-7-17(8-11(2)22(10)19)16(18)14-9-21-15-5-4-12(20-3)6-13(14)15/h4-6,9-11H,7-8H2,1-3H3. The molecule has 0 radical (unpaired) electrons. The van der Waals surface area contributed by atoms with E-state index in [4.69, 9.17) is 9.15 Å². The summed E-state index contributed by atoms with van der Waals surface area (Å²) in [7, 11) is 0.706. The van der Waals surface area contributed by atoms with Crippen LogP contribution in [-0.2, 0) is 10.8 Å². The van der Waals surface area contributed by atoms with E-state index in [0.29, 0.717) is 30.0 Å². The minimum absolute atomic E-state index is 0.0135. The van der Waals surface area contributed by atoms with Gasteiger partial charge in [0.2, 0.25) is 0 Å². The molecule has 2 aromatic rings. The van der Waals surface area contributed by atoms with E-state index in [1.165, 1.54) is 6.26 Å². The molecular weight excluding hydrogens is 302 g/mol. The minimum atomic E-state index is -0.883. The van der Waals surface area contributed by atoms with Gasteiger partial charge in [0, 0.05) is 39.8 Å². The molecule has 22 heavy (non-hydrogen) atoms. The van der Waals surface area contributed by atoms with Crippen molar-refractivity contribution in [3.63, 3.8) is 0 Å². The van der Waals surface area contributed by atoms with Crippen LogP contribution in [-0.4, -0.2) is 45.7 Å². The Kier molecular flexibility index (Phi) is 3.95. The first-order valence-electron chi connectivity index (χ1n) is 7.25. The number of hydrogen-bond donors (Lipinski definition) is 0. The van der Waals surface area contributed by atoms with Gasteiger partial charge in [0.05, 0.1) is 12.7 Å². The quantitative estimate of drug-likeness (QED) is 0.852. The molecule has 6 heteroatoms. The Bertz CT molecular complexity index is 725. The number of furan rings is 1. The molecule has 3 rings (SSSR count). The smallest absolute Gasteiger partial charge is 0.257 e. The molecule has 118 valence electrons. The highest BCUT2D eigenvalue weighted by molar-refractivity contribution is 7.86. The van der Waals surface area contributed by atoms with E-state index in [1.54, 1.807) is 30.2 Å². The monoisotopic (exact) mass is 321 g/mol. The molecule has 2 unspecified atom stereocenters. The lowest BCUT2D eigenvalue weighted by Gasteiger charge is -2.34. The summed E-state index contributed by atoms with van der Waals surface area (Å²) in [5.74, 6) is 0.604. The van der Waals surface area contributed by atoms with Gasteiger partial charge in [-0.05, 0) is 32.0 Å². The fraction of sp³-hybridized carbons (Fsp3) is 0.438.